The summed E-state index contributed by atoms with van der Waals surface area (Å²) in [5, 5.41) is 0. The van der Waals surface area contributed by atoms with Crippen LogP contribution in [0.1, 0.15) is 18.1 Å². The lowest BCUT2D eigenvalue weighted by molar-refractivity contribution is 1.03. The van der Waals surface area contributed by atoms with Crippen LogP contribution in [0.2, 0.25) is 12.6 Å². The van der Waals surface area contributed by atoms with Gasteiger partial charge in [-0.15, -0.1) is 22.2 Å². The molecular weight excluding hydrogens is 231 g/mol. The van der Waals surface area contributed by atoms with Gasteiger partial charge in [0, 0.05) is 0 Å². The van der Waals surface area contributed by atoms with Gasteiger partial charge in [0.2, 0.25) is 6.69 Å². The molecule has 78 valence electrons. The maximum atomic E-state index is 6.08. The van der Waals surface area contributed by atoms with Crippen LogP contribution >= 0.6 is 22.2 Å². The van der Waals surface area contributed by atoms with Gasteiger partial charge in [-0.05, 0) is 36.6 Å². The number of rotatable bonds is 4. The lowest BCUT2D eigenvalue weighted by Crippen LogP contribution is -2.13. The van der Waals surface area contributed by atoms with Crippen molar-refractivity contribution >= 4 is 28.9 Å². The van der Waals surface area contributed by atoms with Crippen molar-refractivity contribution in [2.75, 3.05) is 0 Å². The van der Waals surface area contributed by atoms with Crippen LogP contribution in [0.25, 0.3) is 0 Å². The zero-order valence-corrected chi connectivity index (χ0v) is 11.2. The molecule has 0 saturated heterocycles. The Hall–Kier alpha value is 0.0169. The smallest absolute Gasteiger partial charge is 0.146 e. The summed E-state index contributed by atoms with van der Waals surface area (Å²) >= 11 is 12.2. The van der Waals surface area contributed by atoms with Gasteiger partial charge in [-0.3, -0.25) is 0 Å². The fourth-order valence-electron chi connectivity index (χ4n) is 1.50. The Labute approximate surface area is 96.7 Å². The molecule has 0 unspecified atom stereocenters. The molecule has 0 aliphatic carbocycles. The predicted octanol–water partition coefficient (Wildman–Crippen LogP) is 4.34. The summed E-state index contributed by atoms with van der Waals surface area (Å²) in [6.45, 7) is 2.22. The van der Waals surface area contributed by atoms with E-state index in [2.05, 4.69) is 31.2 Å². The molecule has 0 aromatic heterocycles. The van der Waals surface area contributed by atoms with Gasteiger partial charge in [-0.25, -0.2) is 0 Å². The van der Waals surface area contributed by atoms with E-state index in [4.69, 9.17) is 22.2 Å². The van der Waals surface area contributed by atoms with Gasteiger partial charge in [-0.2, -0.15) is 0 Å². The summed E-state index contributed by atoms with van der Waals surface area (Å²) in [5.41, 5.74) is 2.81. The highest BCUT2D eigenvalue weighted by molar-refractivity contribution is 7.44. The molecule has 1 aromatic carbocycles. The number of hydrogen-bond acceptors (Lipinski definition) is 0. The first kappa shape index (κ1) is 12.1. The summed E-state index contributed by atoms with van der Waals surface area (Å²) in [5.74, 6) is 0. The van der Waals surface area contributed by atoms with Gasteiger partial charge in [0.1, 0.15) is 0 Å². The maximum absolute atomic E-state index is 6.08. The largest absolute Gasteiger partial charge is 0.248 e. The molecule has 0 fully saturated rings. The minimum Gasteiger partial charge on any atom is -0.146 e. The molecule has 0 spiro atoms. The Balaban J connectivity index is 2.67. The summed E-state index contributed by atoms with van der Waals surface area (Å²) < 4.78 is 0. The zero-order chi connectivity index (χ0) is 10.6. The molecule has 0 saturated carbocycles. The third kappa shape index (κ3) is 4.03. The summed E-state index contributed by atoms with van der Waals surface area (Å²) in [6.07, 6.45) is 2.10. The SMILES string of the molecule is CCc1ccccc1CC[Si](C)(Cl)Cl. The average Bonchev–Trinajstić information content (AvgIpc) is 2.14. The molecule has 0 aliphatic heterocycles. The highest BCUT2D eigenvalue weighted by atomic mass is 35.7. The van der Waals surface area contributed by atoms with E-state index < -0.39 is 6.69 Å². The van der Waals surface area contributed by atoms with Gasteiger partial charge >= 0.3 is 0 Å². The molecule has 0 aliphatic rings. The monoisotopic (exact) mass is 246 g/mol. The Kier molecular flexibility index (Phi) is 4.49. The minimum atomic E-state index is -1.93. The zero-order valence-electron chi connectivity index (χ0n) is 8.69. The summed E-state index contributed by atoms with van der Waals surface area (Å²) in [4.78, 5) is 0. The molecule has 0 heterocycles. The molecule has 0 bridgehead atoms. The Morgan fingerprint density at radius 1 is 1.14 bits per heavy atom. The van der Waals surface area contributed by atoms with Crippen LogP contribution in [-0.2, 0) is 12.8 Å². The molecule has 0 amide bonds. The molecule has 0 nitrogen and oxygen atoms in total. The highest BCUT2D eigenvalue weighted by Crippen LogP contribution is 2.23. The predicted molar refractivity (Wildman–Crippen MR) is 67.7 cm³/mol. The van der Waals surface area contributed by atoms with E-state index >= 15 is 0 Å². The van der Waals surface area contributed by atoms with Gasteiger partial charge in [0.25, 0.3) is 0 Å². The van der Waals surface area contributed by atoms with Gasteiger partial charge in [0.05, 0.1) is 0 Å². The first-order valence-corrected chi connectivity index (χ1v) is 9.70. The fraction of sp³-hybridized carbons (Fsp3) is 0.455. The third-order valence-corrected chi connectivity index (χ3v) is 4.59. The highest BCUT2D eigenvalue weighted by Gasteiger charge is 2.20. The standard InChI is InChI=1S/C11H16Cl2Si/c1-3-10-6-4-5-7-11(10)8-9-14(2,12)13/h4-7H,3,8-9H2,1-2H3. The minimum absolute atomic E-state index is 0.938. The second kappa shape index (κ2) is 5.20. The molecule has 0 radical (unpaired) electrons. The van der Waals surface area contributed by atoms with Crippen LogP contribution in [0, 0.1) is 0 Å². The second-order valence-electron chi connectivity index (χ2n) is 3.69. The fourth-order valence-corrected chi connectivity index (χ4v) is 2.78. The van der Waals surface area contributed by atoms with Crippen molar-refractivity contribution in [1.29, 1.82) is 0 Å². The van der Waals surface area contributed by atoms with Gasteiger partial charge in [0.15, 0.2) is 0 Å². The van der Waals surface area contributed by atoms with E-state index in [-0.39, 0.29) is 0 Å². The first-order chi connectivity index (χ1) is 6.53. The first-order valence-electron chi connectivity index (χ1n) is 4.97. The van der Waals surface area contributed by atoms with Crippen LogP contribution in [0.15, 0.2) is 24.3 Å². The van der Waals surface area contributed by atoms with Crippen molar-refractivity contribution in [1.82, 2.24) is 0 Å². The third-order valence-electron chi connectivity index (χ3n) is 2.33. The van der Waals surface area contributed by atoms with Crippen molar-refractivity contribution in [2.45, 2.75) is 32.4 Å². The topological polar surface area (TPSA) is 0 Å². The van der Waals surface area contributed by atoms with Crippen molar-refractivity contribution in [2.24, 2.45) is 0 Å². The molecule has 0 N–H and O–H groups in total. The molecule has 14 heavy (non-hydrogen) atoms. The average molecular weight is 247 g/mol. The van der Waals surface area contributed by atoms with E-state index in [1.807, 2.05) is 6.55 Å². The number of hydrogen-bond donors (Lipinski definition) is 0. The molecule has 3 heteroatoms. The second-order valence-corrected chi connectivity index (χ2v) is 11.9. The van der Waals surface area contributed by atoms with E-state index in [9.17, 15) is 0 Å². The van der Waals surface area contributed by atoms with Crippen LogP contribution in [0.5, 0.6) is 0 Å². The molecular formula is C11H16Cl2Si. The lowest BCUT2D eigenvalue weighted by Gasteiger charge is -2.12. The lowest BCUT2D eigenvalue weighted by atomic mass is 10.0. The van der Waals surface area contributed by atoms with E-state index in [0.717, 1.165) is 18.9 Å². The van der Waals surface area contributed by atoms with Crippen LogP contribution in [0.4, 0.5) is 0 Å². The normalized spacial score (nSPS) is 11.7. The van der Waals surface area contributed by atoms with Crippen LogP contribution in [-0.4, -0.2) is 6.69 Å². The van der Waals surface area contributed by atoms with Gasteiger partial charge in [-0.1, -0.05) is 31.2 Å². The Morgan fingerprint density at radius 3 is 2.21 bits per heavy atom. The van der Waals surface area contributed by atoms with Crippen LogP contribution < -0.4 is 0 Å². The maximum Gasteiger partial charge on any atom is 0.248 e. The quantitative estimate of drug-likeness (QED) is 0.548. The van der Waals surface area contributed by atoms with Gasteiger partial charge < -0.3 is 0 Å². The number of halogens is 2. The molecule has 1 rings (SSSR count). The van der Waals surface area contributed by atoms with Crippen molar-refractivity contribution in [3.8, 4) is 0 Å². The molecule has 1 aromatic rings. The summed E-state index contributed by atoms with van der Waals surface area (Å²) in [6, 6.07) is 9.45. The van der Waals surface area contributed by atoms with Crippen molar-refractivity contribution in [3.63, 3.8) is 0 Å². The number of aryl methyl sites for hydroxylation is 2. The molecule has 0 atom stereocenters. The number of benzene rings is 1. The Bertz CT molecular complexity index is 292. The van der Waals surface area contributed by atoms with Crippen LogP contribution in [0.3, 0.4) is 0 Å². The van der Waals surface area contributed by atoms with Crippen molar-refractivity contribution < 1.29 is 0 Å². The van der Waals surface area contributed by atoms with E-state index in [0.29, 0.717) is 0 Å². The Morgan fingerprint density at radius 2 is 1.71 bits per heavy atom. The van der Waals surface area contributed by atoms with E-state index in [1.54, 1.807) is 0 Å². The van der Waals surface area contributed by atoms with E-state index in [1.165, 1.54) is 11.1 Å². The van der Waals surface area contributed by atoms with Crippen molar-refractivity contribution in [3.05, 3.63) is 35.4 Å². The summed E-state index contributed by atoms with van der Waals surface area (Å²) in [7, 11) is 0.